The van der Waals surface area contributed by atoms with Crippen LogP contribution in [0.1, 0.15) is 17.9 Å². The summed E-state index contributed by atoms with van der Waals surface area (Å²) in [5, 5.41) is 0.741. The van der Waals surface area contributed by atoms with Gasteiger partial charge < -0.3 is 5.73 Å². The van der Waals surface area contributed by atoms with Crippen LogP contribution in [0.3, 0.4) is 0 Å². The summed E-state index contributed by atoms with van der Waals surface area (Å²) in [6.07, 6.45) is 4.48. The van der Waals surface area contributed by atoms with Crippen LogP contribution in [0, 0.1) is 0 Å². The maximum atomic E-state index is 5.91. The molecule has 11 heavy (non-hydrogen) atoms. The van der Waals surface area contributed by atoms with Gasteiger partial charge in [-0.05, 0) is 18.1 Å². The number of nitrogens with two attached hydrogens (primary N) is 1. The SMILES string of the molecule is N[C@@H]1C[C@H]1c1ccncc1Cl. The summed E-state index contributed by atoms with van der Waals surface area (Å²) in [5.74, 6) is 0.477. The first-order chi connectivity index (χ1) is 5.29. The second-order valence-electron chi connectivity index (χ2n) is 2.90. The Morgan fingerprint density at radius 2 is 2.36 bits per heavy atom. The van der Waals surface area contributed by atoms with Crippen molar-refractivity contribution in [2.45, 2.75) is 18.4 Å². The molecule has 1 fully saturated rings. The molecule has 2 N–H and O–H groups in total. The number of rotatable bonds is 1. The van der Waals surface area contributed by atoms with E-state index in [0.717, 1.165) is 17.0 Å². The van der Waals surface area contributed by atoms with Crippen molar-refractivity contribution in [2.24, 2.45) is 5.73 Å². The van der Waals surface area contributed by atoms with Gasteiger partial charge in [0.2, 0.25) is 0 Å². The highest BCUT2D eigenvalue weighted by Gasteiger charge is 2.35. The first-order valence-corrected chi connectivity index (χ1v) is 4.02. The van der Waals surface area contributed by atoms with Crippen molar-refractivity contribution in [3.05, 3.63) is 29.0 Å². The second-order valence-corrected chi connectivity index (χ2v) is 3.31. The molecule has 1 aromatic heterocycles. The van der Waals surface area contributed by atoms with Crippen LogP contribution >= 0.6 is 11.6 Å². The highest BCUT2D eigenvalue weighted by molar-refractivity contribution is 6.31. The smallest absolute Gasteiger partial charge is 0.0624 e. The van der Waals surface area contributed by atoms with E-state index in [9.17, 15) is 0 Å². The predicted molar refractivity (Wildman–Crippen MR) is 44.6 cm³/mol. The molecule has 58 valence electrons. The minimum Gasteiger partial charge on any atom is -0.327 e. The van der Waals surface area contributed by atoms with Gasteiger partial charge in [-0.15, -0.1) is 0 Å². The molecule has 1 aliphatic carbocycles. The Hall–Kier alpha value is -0.600. The molecule has 2 nitrogen and oxygen atoms in total. The fourth-order valence-electron chi connectivity index (χ4n) is 1.26. The van der Waals surface area contributed by atoms with Crippen LogP contribution in [0.5, 0.6) is 0 Å². The average Bonchev–Trinajstić information content (AvgIpc) is 2.68. The van der Waals surface area contributed by atoms with Crippen LogP contribution in [0.25, 0.3) is 0 Å². The van der Waals surface area contributed by atoms with Gasteiger partial charge in [-0.2, -0.15) is 0 Å². The van der Waals surface area contributed by atoms with Crippen molar-refractivity contribution in [2.75, 3.05) is 0 Å². The Balaban J connectivity index is 2.31. The first kappa shape index (κ1) is 7.07. The van der Waals surface area contributed by atoms with Crippen LogP contribution < -0.4 is 5.73 Å². The molecule has 0 spiro atoms. The molecule has 0 bridgehead atoms. The molecule has 2 rings (SSSR count). The van der Waals surface area contributed by atoms with Gasteiger partial charge in [-0.1, -0.05) is 11.6 Å². The number of halogens is 1. The van der Waals surface area contributed by atoms with E-state index >= 15 is 0 Å². The Kier molecular flexibility index (Phi) is 1.59. The number of nitrogens with zero attached hydrogens (tertiary/aromatic N) is 1. The molecule has 0 unspecified atom stereocenters. The summed E-state index contributed by atoms with van der Waals surface area (Å²) < 4.78 is 0. The molecule has 0 aromatic carbocycles. The normalized spacial score (nSPS) is 28.5. The highest BCUT2D eigenvalue weighted by Crippen LogP contribution is 2.41. The number of hydrogen-bond acceptors (Lipinski definition) is 2. The fraction of sp³-hybridized carbons (Fsp3) is 0.375. The molecule has 0 amide bonds. The number of hydrogen-bond donors (Lipinski definition) is 1. The monoisotopic (exact) mass is 168 g/mol. The lowest BCUT2D eigenvalue weighted by molar-refractivity contribution is 0.986. The zero-order valence-corrected chi connectivity index (χ0v) is 6.75. The molecule has 1 aliphatic rings. The van der Waals surface area contributed by atoms with E-state index < -0.39 is 0 Å². The summed E-state index contributed by atoms with van der Waals surface area (Å²) >= 11 is 5.91. The van der Waals surface area contributed by atoms with Crippen LogP contribution in [0.2, 0.25) is 5.02 Å². The maximum absolute atomic E-state index is 5.91. The zero-order chi connectivity index (χ0) is 7.84. The number of pyridine rings is 1. The quantitative estimate of drug-likeness (QED) is 0.691. The molecule has 1 heterocycles. The van der Waals surface area contributed by atoms with E-state index in [1.165, 1.54) is 0 Å². The molecule has 0 radical (unpaired) electrons. The van der Waals surface area contributed by atoms with Gasteiger partial charge in [0.15, 0.2) is 0 Å². The topological polar surface area (TPSA) is 38.9 Å². The molecule has 0 aliphatic heterocycles. The van der Waals surface area contributed by atoms with Gasteiger partial charge in [0.05, 0.1) is 5.02 Å². The molecule has 3 heteroatoms. The maximum Gasteiger partial charge on any atom is 0.0624 e. The van der Waals surface area contributed by atoms with Gasteiger partial charge in [0.25, 0.3) is 0 Å². The summed E-state index contributed by atoms with van der Waals surface area (Å²) in [6.45, 7) is 0. The van der Waals surface area contributed by atoms with Crippen LogP contribution in [-0.2, 0) is 0 Å². The largest absolute Gasteiger partial charge is 0.327 e. The van der Waals surface area contributed by atoms with Gasteiger partial charge >= 0.3 is 0 Å². The third kappa shape index (κ3) is 1.24. The van der Waals surface area contributed by atoms with Gasteiger partial charge in [-0.3, -0.25) is 4.98 Å². The summed E-state index contributed by atoms with van der Waals surface area (Å²) in [6, 6.07) is 2.26. The number of aromatic nitrogens is 1. The first-order valence-electron chi connectivity index (χ1n) is 3.64. The summed E-state index contributed by atoms with van der Waals surface area (Å²) in [4.78, 5) is 3.91. The lowest BCUT2D eigenvalue weighted by Gasteiger charge is -1.99. The van der Waals surface area contributed by atoms with E-state index in [1.54, 1.807) is 12.4 Å². The Bertz CT molecular complexity index is 275. The second kappa shape index (κ2) is 2.47. The lowest BCUT2D eigenvalue weighted by atomic mass is 10.2. The molecular formula is C8H9ClN2. The van der Waals surface area contributed by atoms with E-state index in [4.69, 9.17) is 17.3 Å². The van der Waals surface area contributed by atoms with Crippen LogP contribution in [0.15, 0.2) is 18.5 Å². The van der Waals surface area contributed by atoms with E-state index in [2.05, 4.69) is 4.98 Å². The average molecular weight is 169 g/mol. The third-order valence-corrected chi connectivity index (χ3v) is 2.36. The predicted octanol–water partition coefficient (Wildman–Crippen LogP) is 1.55. The van der Waals surface area contributed by atoms with E-state index in [-0.39, 0.29) is 0 Å². The lowest BCUT2D eigenvalue weighted by Crippen LogP contribution is -2.01. The van der Waals surface area contributed by atoms with Gasteiger partial charge in [0, 0.05) is 24.4 Å². The minimum absolute atomic E-state index is 0.315. The molecule has 1 aromatic rings. The van der Waals surface area contributed by atoms with Gasteiger partial charge in [0.1, 0.15) is 0 Å². The van der Waals surface area contributed by atoms with Crippen molar-refractivity contribution in [3.8, 4) is 0 Å². The van der Waals surface area contributed by atoms with E-state index in [0.29, 0.717) is 12.0 Å². The molecular weight excluding hydrogens is 160 g/mol. The fourth-order valence-corrected chi connectivity index (χ4v) is 1.52. The van der Waals surface area contributed by atoms with E-state index in [1.807, 2.05) is 6.07 Å². The molecule has 2 atom stereocenters. The Morgan fingerprint density at radius 1 is 1.64 bits per heavy atom. The van der Waals surface area contributed by atoms with Crippen molar-refractivity contribution < 1.29 is 0 Å². The van der Waals surface area contributed by atoms with Crippen molar-refractivity contribution in [1.29, 1.82) is 0 Å². The Morgan fingerprint density at radius 3 is 2.91 bits per heavy atom. The highest BCUT2D eigenvalue weighted by atomic mass is 35.5. The van der Waals surface area contributed by atoms with Crippen LogP contribution in [0.4, 0.5) is 0 Å². The van der Waals surface area contributed by atoms with Crippen molar-refractivity contribution in [3.63, 3.8) is 0 Å². The van der Waals surface area contributed by atoms with Gasteiger partial charge in [-0.25, -0.2) is 0 Å². The van der Waals surface area contributed by atoms with Crippen LogP contribution in [-0.4, -0.2) is 11.0 Å². The summed E-state index contributed by atoms with van der Waals surface area (Å²) in [5.41, 5.74) is 6.84. The van der Waals surface area contributed by atoms with Crippen molar-refractivity contribution in [1.82, 2.24) is 4.98 Å². The minimum atomic E-state index is 0.315. The standard InChI is InChI=1S/C8H9ClN2/c9-7-4-11-2-1-5(7)6-3-8(6)10/h1-2,4,6,8H,3,10H2/t6-,8+/m0/s1. The molecule has 1 saturated carbocycles. The zero-order valence-electron chi connectivity index (χ0n) is 6.00. The van der Waals surface area contributed by atoms with Crippen molar-refractivity contribution >= 4 is 11.6 Å². The third-order valence-electron chi connectivity index (χ3n) is 2.04. The Labute approximate surface area is 70.4 Å². The summed E-state index contributed by atoms with van der Waals surface area (Å²) in [7, 11) is 0. The molecule has 0 saturated heterocycles.